The Labute approximate surface area is 130 Å². The fourth-order valence-electron chi connectivity index (χ4n) is 2.09. The summed E-state index contributed by atoms with van der Waals surface area (Å²) in [4.78, 5) is 11.8. The highest BCUT2D eigenvalue weighted by atomic mass is 19.4. The standard InChI is InChI=1S/C16H14F3NO3/c17-15(18,19)10-23-13-8-6-12(7-9-13)16(22,14(20)21)11-4-2-1-3-5-11/h1-9,22H,10H2,(H2,20,21). The normalized spacial score (nSPS) is 14.1. The van der Waals surface area contributed by atoms with Crippen LogP contribution in [0.1, 0.15) is 11.1 Å². The Balaban J connectivity index is 2.30. The number of carbonyl (C=O) groups excluding carboxylic acids is 1. The van der Waals surface area contributed by atoms with Crippen molar-refractivity contribution in [3.05, 3.63) is 65.7 Å². The van der Waals surface area contributed by atoms with Crippen LogP contribution in [0.3, 0.4) is 0 Å². The lowest BCUT2D eigenvalue weighted by Gasteiger charge is -2.25. The first-order chi connectivity index (χ1) is 10.7. The van der Waals surface area contributed by atoms with E-state index in [2.05, 4.69) is 4.74 Å². The van der Waals surface area contributed by atoms with Gasteiger partial charge in [0.15, 0.2) is 12.2 Å². The number of halogens is 3. The molecule has 0 saturated carbocycles. The first-order valence-corrected chi connectivity index (χ1v) is 6.61. The number of alkyl halides is 3. The Morgan fingerprint density at radius 3 is 2.00 bits per heavy atom. The highest BCUT2D eigenvalue weighted by Crippen LogP contribution is 2.30. The predicted molar refractivity (Wildman–Crippen MR) is 76.6 cm³/mol. The van der Waals surface area contributed by atoms with E-state index in [0.29, 0.717) is 0 Å². The Morgan fingerprint density at radius 1 is 1.00 bits per heavy atom. The van der Waals surface area contributed by atoms with Gasteiger partial charge in [0.25, 0.3) is 5.91 Å². The predicted octanol–water partition coefficient (Wildman–Crippen LogP) is 2.35. The summed E-state index contributed by atoms with van der Waals surface area (Å²) in [6.45, 7) is -1.43. The number of rotatable bonds is 5. The lowest BCUT2D eigenvalue weighted by Crippen LogP contribution is -2.42. The fourth-order valence-corrected chi connectivity index (χ4v) is 2.09. The van der Waals surface area contributed by atoms with E-state index in [-0.39, 0.29) is 16.9 Å². The van der Waals surface area contributed by atoms with E-state index in [0.717, 1.165) is 0 Å². The molecule has 0 aliphatic carbocycles. The molecular weight excluding hydrogens is 311 g/mol. The van der Waals surface area contributed by atoms with Gasteiger partial charge >= 0.3 is 6.18 Å². The summed E-state index contributed by atoms with van der Waals surface area (Å²) in [5.41, 5.74) is 3.64. The van der Waals surface area contributed by atoms with Crippen molar-refractivity contribution in [1.82, 2.24) is 0 Å². The molecule has 3 N–H and O–H groups in total. The zero-order valence-electron chi connectivity index (χ0n) is 11.9. The molecule has 4 nitrogen and oxygen atoms in total. The SMILES string of the molecule is NC(=O)C(O)(c1ccccc1)c1ccc(OCC(F)(F)F)cc1. The molecule has 0 heterocycles. The summed E-state index contributed by atoms with van der Waals surface area (Å²) in [6, 6.07) is 13.1. The van der Waals surface area contributed by atoms with Crippen molar-refractivity contribution in [2.24, 2.45) is 5.73 Å². The summed E-state index contributed by atoms with van der Waals surface area (Å²) >= 11 is 0. The van der Waals surface area contributed by atoms with Gasteiger partial charge in [0.05, 0.1) is 0 Å². The maximum Gasteiger partial charge on any atom is 0.422 e. The molecule has 0 aliphatic rings. The molecular formula is C16H14F3NO3. The van der Waals surface area contributed by atoms with Gasteiger partial charge in [-0.25, -0.2) is 0 Å². The number of primary amides is 1. The van der Waals surface area contributed by atoms with E-state index < -0.39 is 24.3 Å². The van der Waals surface area contributed by atoms with E-state index in [4.69, 9.17) is 5.73 Å². The molecule has 0 spiro atoms. The summed E-state index contributed by atoms with van der Waals surface area (Å²) in [7, 11) is 0. The maximum absolute atomic E-state index is 12.1. The second-order valence-electron chi connectivity index (χ2n) is 4.87. The van der Waals surface area contributed by atoms with Gasteiger partial charge in [-0.2, -0.15) is 13.2 Å². The number of hydrogen-bond acceptors (Lipinski definition) is 3. The Kier molecular flexibility index (Phi) is 4.60. The van der Waals surface area contributed by atoms with Gasteiger partial charge in [0, 0.05) is 0 Å². The minimum Gasteiger partial charge on any atom is -0.484 e. The third-order valence-corrected chi connectivity index (χ3v) is 3.22. The fraction of sp³-hybridized carbons (Fsp3) is 0.188. The summed E-state index contributed by atoms with van der Waals surface area (Å²) < 4.78 is 40.9. The van der Waals surface area contributed by atoms with E-state index in [1.807, 2.05) is 0 Å². The Bertz CT molecular complexity index is 671. The van der Waals surface area contributed by atoms with Gasteiger partial charge in [-0.1, -0.05) is 42.5 Å². The number of ether oxygens (including phenoxy) is 1. The van der Waals surface area contributed by atoms with Gasteiger partial charge in [-0.05, 0) is 23.3 Å². The molecule has 2 aromatic rings. The Hall–Kier alpha value is -2.54. The second-order valence-corrected chi connectivity index (χ2v) is 4.87. The van der Waals surface area contributed by atoms with Crippen LogP contribution in [0, 0.1) is 0 Å². The maximum atomic E-state index is 12.1. The lowest BCUT2D eigenvalue weighted by molar-refractivity contribution is -0.153. The van der Waals surface area contributed by atoms with Crippen LogP contribution < -0.4 is 10.5 Å². The highest BCUT2D eigenvalue weighted by Gasteiger charge is 2.38. The molecule has 7 heteroatoms. The summed E-state index contributed by atoms with van der Waals surface area (Å²) in [5, 5.41) is 10.7. The summed E-state index contributed by atoms with van der Waals surface area (Å²) in [6.07, 6.45) is -4.45. The molecule has 0 bridgehead atoms. The van der Waals surface area contributed by atoms with E-state index in [9.17, 15) is 23.1 Å². The van der Waals surface area contributed by atoms with Crippen LogP contribution in [-0.2, 0) is 10.4 Å². The topological polar surface area (TPSA) is 72.6 Å². The van der Waals surface area contributed by atoms with Gasteiger partial charge in [0.1, 0.15) is 5.75 Å². The van der Waals surface area contributed by atoms with Crippen molar-refractivity contribution in [1.29, 1.82) is 0 Å². The average Bonchev–Trinajstić information content (AvgIpc) is 2.52. The molecule has 1 atom stereocenters. The largest absolute Gasteiger partial charge is 0.484 e. The molecule has 0 fully saturated rings. The van der Waals surface area contributed by atoms with E-state index in [1.54, 1.807) is 18.2 Å². The van der Waals surface area contributed by atoms with Gasteiger partial charge in [-0.3, -0.25) is 4.79 Å². The van der Waals surface area contributed by atoms with Crippen molar-refractivity contribution >= 4 is 5.91 Å². The molecule has 0 saturated heterocycles. The number of benzene rings is 2. The van der Waals surface area contributed by atoms with Crippen LogP contribution >= 0.6 is 0 Å². The van der Waals surface area contributed by atoms with Crippen molar-refractivity contribution in [2.45, 2.75) is 11.8 Å². The zero-order valence-corrected chi connectivity index (χ0v) is 11.9. The average molecular weight is 325 g/mol. The van der Waals surface area contributed by atoms with E-state index in [1.165, 1.54) is 36.4 Å². The van der Waals surface area contributed by atoms with Crippen molar-refractivity contribution in [3.63, 3.8) is 0 Å². The van der Waals surface area contributed by atoms with E-state index >= 15 is 0 Å². The molecule has 0 radical (unpaired) electrons. The number of hydrogen-bond donors (Lipinski definition) is 2. The van der Waals surface area contributed by atoms with Crippen molar-refractivity contribution < 1.29 is 27.8 Å². The number of nitrogens with two attached hydrogens (primary N) is 1. The molecule has 0 aliphatic heterocycles. The zero-order chi connectivity index (χ0) is 17.1. The Morgan fingerprint density at radius 2 is 1.52 bits per heavy atom. The minimum absolute atomic E-state index is 0.0362. The summed E-state index contributed by atoms with van der Waals surface area (Å²) in [5.74, 6) is -1.03. The lowest BCUT2D eigenvalue weighted by atomic mass is 9.86. The van der Waals surface area contributed by atoms with Crippen LogP contribution in [0.2, 0.25) is 0 Å². The van der Waals surface area contributed by atoms with Crippen molar-refractivity contribution in [2.75, 3.05) is 6.61 Å². The molecule has 2 aromatic carbocycles. The van der Waals surface area contributed by atoms with Crippen LogP contribution in [0.4, 0.5) is 13.2 Å². The first kappa shape index (κ1) is 16.8. The molecule has 1 unspecified atom stereocenters. The minimum atomic E-state index is -4.45. The molecule has 122 valence electrons. The van der Waals surface area contributed by atoms with Gasteiger partial charge < -0.3 is 15.6 Å². The van der Waals surface area contributed by atoms with Crippen LogP contribution in [0.25, 0.3) is 0 Å². The number of carbonyl (C=O) groups is 1. The van der Waals surface area contributed by atoms with Crippen LogP contribution in [0.15, 0.2) is 54.6 Å². The highest BCUT2D eigenvalue weighted by molar-refractivity contribution is 5.88. The molecule has 0 aromatic heterocycles. The van der Waals surface area contributed by atoms with Gasteiger partial charge in [-0.15, -0.1) is 0 Å². The van der Waals surface area contributed by atoms with Crippen molar-refractivity contribution in [3.8, 4) is 5.75 Å². The third-order valence-electron chi connectivity index (χ3n) is 3.22. The molecule has 23 heavy (non-hydrogen) atoms. The van der Waals surface area contributed by atoms with Crippen LogP contribution in [0.5, 0.6) is 5.75 Å². The first-order valence-electron chi connectivity index (χ1n) is 6.61. The molecule has 1 amide bonds. The van der Waals surface area contributed by atoms with Gasteiger partial charge in [0.2, 0.25) is 0 Å². The quantitative estimate of drug-likeness (QED) is 0.886. The second kappa shape index (κ2) is 6.29. The monoisotopic (exact) mass is 325 g/mol. The van der Waals surface area contributed by atoms with Crippen LogP contribution in [-0.4, -0.2) is 23.8 Å². The number of aliphatic hydroxyl groups is 1. The smallest absolute Gasteiger partial charge is 0.422 e. The molecule has 2 rings (SSSR count). The third kappa shape index (κ3) is 3.81. The number of amides is 1.